The average molecular weight is 348 g/mol. The number of hydrogen-bond acceptors (Lipinski definition) is 4. The summed E-state index contributed by atoms with van der Waals surface area (Å²) in [5.74, 6) is 4.54. The minimum absolute atomic E-state index is 0.206. The van der Waals surface area contributed by atoms with Crippen LogP contribution in [0.1, 0.15) is 27.9 Å². The first-order valence-corrected chi connectivity index (χ1v) is 8.07. The summed E-state index contributed by atoms with van der Waals surface area (Å²) in [5, 5.41) is 5.11. The van der Waals surface area contributed by atoms with Gasteiger partial charge >= 0.3 is 6.09 Å². The highest BCUT2D eigenvalue weighted by molar-refractivity contribution is 6.52. The second-order valence-electron chi connectivity index (χ2n) is 5.55. The first kappa shape index (κ1) is 17.2. The first-order valence-electron chi connectivity index (χ1n) is 8.07. The van der Waals surface area contributed by atoms with Crippen LogP contribution in [0, 0.1) is 11.8 Å². The predicted octanol–water partition coefficient (Wildman–Crippen LogP) is 2.49. The van der Waals surface area contributed by atoms with Crippen LogP contribution in [0.25, 0.3) is 0 Å². The number of anilines is 1. The smallest absolute Gasteiger partial charge is 0.407 e. The van der Waals surface area contributed by atoms with Crippen LogP contribution >= 0.6 is 0 Å². The Morgan fingerprint density at radius 1 is 1.08 bits per heavy atom. The molecule has 6 nitrogen and oxygen atoms in total. The van der Waals surface area contributed by atoms with Crippen molar-refractivity contribution in [1.29, 1.82) is 0 Å². The Bertz CT molecular complexity index is 910. The van der Waals surface area contributed by atoms with E-state index in [1.807, 2.05) is 30.3 Å². The summed E-state index contributed by atoms with van der Waals surface area (Å²) in [6.45, 7) is 0.526. The molecular weight excluding hydrogens is 332 g/mol. The number of Topliss-reactive ketones (excluding diaryl/α,β-unsaturated/α-hetero) is 1. The van der Waals surface area contributed by atoms with Crippen molar-refractivity contribution in [3.05, 3.63) is 65.2 Å². The number of fused-ring (bicyclic) bond motifs is 1. The summed E-state index contributed by atoms with van der Waals surface area (Å²) in [6.07, 6.45) is -0.124. The fourth-order valence-electron chi connectivity index (χ4n) is 2.46. The van der Waals surface area contributed by atoms with E-state index in [-0.39, 0.29) is 6.61 Å². The molecule has 0 atom stereocenters. The van der Waals surface area contributed by atoms with Gasteiger partial charge < -0.3 is 15.4 Å². The number of hydrogen-bond donors (Lipinski definition) is 2. The first-order chi connectivity index (χ1) is 12.6. The van der Waals surface area contributed by atoms with Gasteiger partial charge in [-0.2, -0.15) is 0 Å². The third-order valence-corrected chi connectivity index (χ3v) is 3.70. The van der Waals surface area contributed by atoms with E-state index in [0.717, 1.165) is 5.56 Å². The quantitative estimate of drug-likeness (QED) is 0.505. The maximum Gasteiger partial charge on any atom is 0.407 e. The van der Waals surface area contributed by atoms with Gasteiger partial charge in [-0.25, -0.2) is 4.79 Å². The molecule has 0 unspecified atom stereocenters. The van der Waals surface area contributed by atoms with E-state index >= 15 is 0 Å². The average Bonchev–Trinajstić information content (AvgIpc) is 2.95. The molecule has 0 radical (unpaired) electrons. The van der Waals surface area contributed by atoms with Gasteiger partial charge in [0.25, 0.3) is 11.7 Å². The van der Waals surface area contributed by atoms with Gasteiger partial charge in [0.2, 0.25) is 0 Å². The van der Waals surface area contributed by atoms with Crippen molar-refractivity contribution in [2.75, 3.05) is 11.9 Å². The molecule has 2 amide bonds. The number of carbonyl (C=O) groups is 3. The third kappa shape index (κ3) is 4.08. The molecule has 2 N–H and O–H groups in total. The number of ketones is 1. The molecule has 1 heterocycles. The molecule has 1 aliphatic rings. The Labute approximate surface area is 150 Å². The molecule has 3 rings (SSSR count). The van der Waals surface area contributed by atoms with Crippen molar-refractivity contribution < 1.29 is 19.1 Å². The zero-order valence-corrected chi connectivity index (χ0v) is 13.9. The third-order valence-electron chi connectivity index (χ3n) is 3.70. The fraction of sp³-hybridized carbons (Fsp3) is 0.150. The summed E-state index contributed by atoms with van der Waals surface area (Å²) in [4.78, 5) is 34.9. The Morgan fingerprint density at radius 2 is 1.88 bits per heavy atom. The summed E-state index contributed by atoms with van der Waals surface area (Å²) < 4.78 is 5.09. The molecule has 6 heteroatoms. The lowest BCUT2D eigenvalue weighted by Gasteiger charge is -2.05. The second-order valence-corrected chi connectivity index (χ2v) is 5.55. The fourth-order valence-corrected chi connectivity index (χ4v) is 2.46. The van der Waals surface area contributed by atoms with Crippen molar-refractivity contribution in [3.8, 4) is 11.8 Å². The van der Waals surface area contributed by atoms with Gasteiger partial charge in [-0.05, 0) is 17.7 Å². The Morgan fingerprint density at radius 3 is 2.69 bits per heavy atom. The largest absolute Gasteiger partial charge is 0.445 e. The molecule has 0 aromatic heterocycles. The maximum atomic E-state index is 11.8. The molecule has 0 saturated carbocycles. The van der Waals surface area contributed by atoms with Gasteiger partial charge in [-0.15, -0.1) is 0 Å². The highest BCUT2D eigenvalue weighted by Crippen LogP contribution is 2.25. The van der Waals surface area contributed by atoms with Crippen molar-refractivity contribution in [1.82, 2.24) is 5.32 Å². The van der Waals surface area contributed by atoms with Crippen molar-refractivity contribution in [2.45, 2.75) is 13.0 Å². The molecular formula is C20H16N2O4. The van der Waals surface area contributed by atoms with E-state index in [0.29, 0.717) is 29.8 Å². The normalized spacial score (nSPS) is 11.8. The molecule has 0 fully saturated rings. The van der Waals surface area contributed by atoms with E-state index in [2.05, 4.69) is 22.5 Å². The molecule has 0 saturated heterocycles. The van der Waals surface area contributed by atoms with Crippen LogP contribution in [-0.2, 0) is 16.1 Å². The van der Waals surface area contributed by atoms with E-state index in [4.69, 9.17) is 4.74 Å². The van der Waals surface area contributed by atoms with Crippen LogP contribution in [-0.4, -0.2) is 24.3 Å². The van der Waals surface area contributed by atoms with E-state index in [1.54, 1.807) is 18.2 Å². The van der Waals surface area contributed by atoms with E-state index in [9.17, 15) is 14.4 Å². The van der Waals surface area contributed by atoms with E-state index in [1.165, 1.54) is 0 Å². The predicted molar refractivity (Wildman–Crippen MR) is 95.5 cm³/mol. The lowest BCUT2D eigenvalue weighted by atomic mass is 10.0. The lowest BCUT2D eigenvalue weighted by molar-refractivity contribution is -0.112. The van der Waals surface area contributed by atoms with Crippen molar-refractivity contribution in [2.24, 2.45) is 0 Å². The van der Waals surface area contributed by atoms with Gasteiger partial charge in [0.1, 0.15) is 6.61 Å². The van der Waals surface area contributed by atoms with Crippen LogP contribution < -0.4 is 10.6 Å². The van der Waals surface area contributed by atoms with Gasteiger partial charge in [0.05, 0.1) is 11.3 Å². The maximum absolute atomic E-state index is 11.8. The molecule has 0 spiro atoms. The number of carbonyl (C=O) groups excluding carboxylic acids is 3. The topological polar surface area (TPSA) is 84.5 Å². The summed E-state index contributed by atoms with van der Waals surface area (Å²) >= 11 is 0. The standard InChI is InChI=1S/C20H16N2O4/c23-18-17-15(10-6-11-16(17)22-19(18)24)9-4-5-12-21-20(25)26-13-14-7-2-1-3-8-14/h1-3,6-8,10-11H,5,12-13H2,(H,21,25)(H,22,23,24). The lowest BCUT2D eigenvalue weighted by Crippen LogP contribution is -2.24. The van der Waals surface area contributed by atoms with Gasteiger partial charge in [0.15, 0.2) is 0 Å². The van der Waals surface area contributed by atoms with Crippen molar-refractivity contribution >= 4 is 23.5 Å². The minimum atomic E-state index is -0.642. The van der Waals surface area contributed by atoms with Gasteiger partial charge in [-0.3, -0.25) is 9.59 Å². The number of rotatable bonds is 4. The van der Waals surface area contributed by atoms with Crippen LogP contribution in [0.3, 0.4) is 0 Å². The molecule has 0 bridgehead atoms. The minimum Gasteiger partial charge on any atom is -0.445 e. The zero-order valence-electron chi connectivity index (χ0n) is 13.9. The molecule has 1 aliphatic heterocycles. The molecule has 2 aromatic rings. The Kier molecular flexibility index (Phi) is 5.30. The SMILES string of the molecule is O=C(NCCC#Cc1cccc2c1C(=O)C(=O)N2)OCc1ccccc1. The summed E-state index contributed by atoms with van der Waals surface area (Å²) in [6, 6.07) is 14.5. The molecule has 130 valence electrons. The highest BCUT2D eigenvalue weighted by Gasteiger charge is 2.29. The summed E-state index contributed by atoms with van der Waals surface area (Å²) in [5.41, 5.74) is 2.19. The molecule has 2 aromatic carbocycles. The van der Waals surface area contributed by atoms with Crippen LogP contribution in [0.15, 0.2) is 48.5 Å². The number of benzene rings is 2. The number of ether oxygens (including phenoxy) is 1. The van der Waals surface area contributed by atoms with Crippen molar-refractivity contribution in [3.63, 3.8) is 0 Å². The second kappa shape index (κ2) is 7.99. The highest BCUT2D eigenvalue weighted by atomic mass is 16.5. The monoisotopic (exact) mass is 348 g/mol. The zero-order chi connectivity index (χ0) is 18.4. The molecule has 26 heavy (non-hydrogen) atoms. The van der Waals surface area contributed by atoms with E-state index < -0.39 is 17.8 Å². The van der Waals surface area contributed by atoms with Crippen LogP contribution in [0.4, 0.5) is 10.5 Å². The molecule has 0 aliphatic carbocycles. The Balaban J connectivity index is 1.47. The Hall–Kier alpha value is -3.59. The van der Waals surface area contributed by atoms with Gasteiger partial charge in [-0.1, -0.05) is 48.2 Å². The number of alkyl carbamates (subject to hydrolysis) is 1. The number of nitrogens with one attached hydrogen (secondary N) is 2. The van der Waals surface area contributed by atoms with Gasteiger partial charge in [0, 0.05) is 18.5 Å². The van der Waals surface area contributed by atoms with Crippen LogP contribution in [0.2, 0.25) is 0 Å². The van der Waals surface area contributed by atoms with Crippen LogP contribution in [0.5, 0.6) is 0 Å². The summed E-state index contributed by atoms with van der Waals surface area (Å²) in [7, 11) is 0. The number of amides is 2.